The summed E-state index contributed by atoms with van der Waals surface area (Å²) >= 11 is 0. The molecule has 0 amide bonds. The average molecular weight is 495 g/mol. The number of benzene rings is 1. The number of ether oxygens (including phenoxy) is 1. The van der Waals surface area contributed by atoms with Crippen molar-refractivity contribution in [3.05, 3.63) is 86.6 Å². The Labute approximate surface area is 230 Å². The quantitative estimate of drug-likeness (QED) is 0.284. The van der Waals surface area contributed by atoms with Crippen LogP contribution >= 0.6 is 0 Å². The van der Waals surface area contributed by atoms with Gasteiger partial charge < -0.3 is 18.9 Å². The average Bonchev–Trinajstić information content (AvgIpc) is 2.73. The van der Waals surface area contributed by atoms with Gasteiger partial charge in [0.05, 0.1) is 0 Å². The molecule has 3 aromatic heterocycles. The van der Waals surface area contributed by atoms with Crippen LogP contribution in [-0.2, 0) is 16.4 Å². The molecule has 1 aromatic carbocycles. The summed E-state index contributed by atoms with van der Waals surface area (Å²) < 4.78 is 51.8. The molecule has 3 heterocycles. The Bertz CT molecular complexity index is 1480. The number of fused-ring (bicyclic) bond motifs is 1. The van der Waals surface area contributed by atoms with Crippen LogP contribution in [0, 0.1) is 12.7 Å². The number of aromatic nitrogens is 3. The van der Waals surface area contributed by atoms with Crippen LogP contribution in [0.4, 0.5) is 10.2 Å². The zero-order valence-corrected chi connectivity index (χ0v) is 21.9. The molecule has 9 nitrogen and oxygen atoms in total. The second-order valence-corrected chi connectivity index (χ2v) is 8.54. The maximum Gasteiger partial charge on any atom is 1.00 e. The van der Waals surface area contributed by atoms with E-state index in [2.05, 4.69) is 19.7 Å². The van der Waals surface area contributed by atoms with E-state index in [0.29, 0.717) is 16.7 Å². The third kappa shape index (κ3) is 6.02. The number of sulfonamides is 1. The van der Waals surface area contributed by atoms with Gasteiger partial charge in [-0.15, -0.1) is 0 Å². The second kappa shape index (κ2) is 10.4. The molecule has 4 rings (SSSR count). The summed E-state index contributed by atoms with van der Waals surface area (Å²) in [5.41, 5.74) is 0.524. The maximum absolute atomic E-state index is 14.7. The van der Waals surface area contributed by atoms with Gasteiger partial charge in [-0.2, -0.15) is 0 Å². The van der Waals surface area contributed by atoms with E-state index in [1.54, 1.807) is 31.2 Å². The molecule has 164 valence electrons. The standard InChI is InChI=1S/C21H16FN4O5S.K/c1-12-15-5-4-14(30-21-24-7-3-8-25-21)11-17(15)31-20(27)16(12)10-13-6-9-23-19(18(13)22)26-32(2,28)29;/h3-9,11H,10H2,1-2H3;/q-1;+1. The molecule has 0 aliphatic carbocycles. The van der Waals surface area contributed by atoms with E-state index in [-0.39, 0.29) is 80.5 Å². The van der Waals surface area contributed by atoms with Crippen molar-refractivity contribution in [1.29, 1.82) is 0 Å². The molecular weight excluding hydrogens is 478 g/mol. The molecule has 0 aliphatic heterocycles. The number of rotatable bonds is 6. The fourth-order valence-corrected chi connectivity index (χ4v) is 3.55. The Kier molecular flexibility index (Phi) is 7.98. The Morgan fingerprint density at radius 3 is 2.55 bits per heavy atom. The maximum atomic E-state index is 14.7. The van der Waals surface area contributed by atoms with E-state index in [9.17, 15) is 17.6 Å². The first-order chi connectivity index (χ1) is 15.2. The summed E-state index contributed by atoms with van der Waals surface area (Å²) in [4.78, 5) is 24.3. The number of hydrogen-bond donors (Lipinski definition) is 0. The molecule has 0 unspecified atom stereocenters. The van der Waals surface area contributed by atoms with Crippen molar-refractivity contribution >= 4 is 26.8 Å². The third-order valence-electron chi connectivity index (χ3n) is 4.58. The third-order valence-corrected chi connectivity index (χ3v) is 5.08. The van der Waals surface area contributed by atoms with Gasteiger partial charge in [-0.25, -0.2) is 27.6 Å². The Morgan fingerprint density at radius 1 is 1.12 bits per heavy atom. The smallest absolute Gasteiger partial charge is 0.440 e. The summed E-state index contributed by atoms with van der Waals surface area (Å²) in [5, 5.41) is 0.636. The number of nitrogens with zero attached hydrogens (tertiary/aromatic N) is 4. The van der Waals surface area contributed by atoms with Gasteiger partial charge in [0.15, 0.2) is 10.0 Å². The van der Waals surface area contributed by atoms with Crippen molar-refractivity contribution < 1.29 is 73.3 Å². The molecule has 12 heteroatoms. The minimum absolute atomic E-state index is 0. The fourth-order valence-electron chi connectivity index (χ4n) is 3.10. The Balaban J connectivity index is 0.00000306. The van der Waals surface area contributed by atoms with E-state index < -0.39 is 27.3 Å². The van der Waals surface area contributed by atoms with Gasteiger partial charge in [0.25, 0.3) is 0 Å². The van der Waals surface area contributed by atoms with Gasteiger partial charge in [-0.1, -0.05) is 12.3 Å². The molecule has 0 fully saturated rings. The van der Waals surface area contributed by atoms with Crippen LogP contribution in [-0.4, -0.2) is 29.6 Å². The van der Waals surface area contributed by atoms with E-state index in [1.165, 1.54) is 24.7 Å². The van der Waals surface area contributed by atoms with E-state index in [0.717, 1.165) is 6.26 Å². The molecule has 0 N–H and O–H groups in total. The van der Waals surface area contributed by atoms with Crippen molar-refractivity contribution in [3.8, 4) is 11.8 Å². The Hall–Kier alpha value is -2.22. The van der Waals surface area contributed by atoms with Crippen LogP contribution in [0.3, 0.4) is 0 Å². The van der Waals surface area contributed by atoms with Crippen LogP contribution in [0.2, 0.25) is 0 Å². The first-order valence-electron chi connectivity index (χ1n) is 9.29. The van der Waals surface area contributed by atoms with Gasteiger partial charge in [-0.3, -0.25) is 0 Å². The van der Waals surface area contributed by atoms with Gasteiger partial charge in [0.2, 0.25) is 0 Å². The summed E-state index contributed by atoms with van der Waals surface area (Å²) in [6, 6.07) is 8.08. The zero-order chi connectivity index (χ0) is 22.9. The summed E-state index contributed by atoms with van der Waals surface area (Å²) in [5.74, 6) is -1.09. The second-order valence-electron chi connectivity index (χ2n) is 6.89. The van der Waals surface area contributed by atoms with Gasteiger partial charge in [-0.05, 0) is 42.1 Å². The van der Waals surface area contributed by atoms with E-state index >= 15 is 0 Å². The predicted octanol–water partition coefficient (Wildman–Crippen LogP) is 0.777. The molecule has 0 atom stereocenters. The van der Waals surface area contributed by atoms with Crippen molar-refractivity contribution in [2.45, 2.75) is 13.3 Å². The topological polar surface area (TPSA) is 126 Å². The van der Waals surface area contributed by atoms with Gasteiger partial charge in [0.1, 0.15) is 17.1 Å². The monoisotopic (exact) mass is 494 g/mol. The van der Waals surface area contributed by atoms with Crippen LogP contribution in [0.15, 0.2) is 58.1 Å². The normalized spacial score (nSPS) is 11.1. The molecule has 0 saturated heterocycles. The van der Waals surface area contributed by atoms with Crippen LogP contribution in [0.1, 0.15) is 16.7 Å². The van der Waals surface area contributed by atoms with E-state index in [1.807, 2.05) is 0 Å². The SMILES string of the molecule is Cc1c(Cc2ccnc([N-]S(C)(=O)=O)c2F)c(=O)oc2cc(Oc3ncccn3)ccc12.[K+]. The largest absolute Gasteiger partial charge is 1.00 e. The minimum Gasteiger partial charge on any atom is -0.440 e. The van der Waals surface area contributed by atoms with Gasteiger partial charge >= 0.3 is 63.0 Å². The molecule has 0 spiro atoms. The zero-order valence-electron chi connectivity index (χ0n) is 17.9. The molecule has 4 aromatic rings. The van der Waals surface area contributed by atoms with Crippen molar-refractivity contribution in [2.24, 2.45) is 0 Å². The molecule has 0 saturated carbocycles. The fraction of sp³-hybridized carbons (Fsp3) is 0.143. The van der Waals surface area contributed by atoms with Crippen LogP contribution in [0.25, 0.3) is 15.7 Å². The van der Waals surface area contributed by atoms with E-state index in [4.69, 9.17) is 9.15 Å². The van der Waals surface area contributed by atoms with Crippen LogP contribution in [0.5, 0.6) is 11.8 Å². The van der Waals surface area contributed by atoms with Crippen LogP contribution < -0.4 is 61.7 Å². The first-order valence-corrected chi connectivity index (χ1v) is 11.1. The number of pyridine rings is 1. The molecule has 0 bridgehead atoms. The number of hydrogen-bond acceptors (Lipinski definition) is 8. The summed E-state index contributed by atoms with van der Waals surface area (Å²) in [6.45, 7) is 1.72. The summed E-state index contributed by atoms with van der Waals surface area (Å²) in [6.07, 6.45) is 5.01. The molecule has 33 heavy (non-hydrogen) atoms. The molecule has 0 aliphatic rings. The van der Waals surface area contributed by atoms with Crippen molar-refractivity contribution in [1.82, 2.24) is 15.0 Å². The van der Waals surface area contributed by atoms with Crippen molar-refractivity contribution in [2.75, 3.05) is 6.26 Å². The molecular formula is C21H16FKN4O5S. The Morgan fingerprint density at radius 2 is 1.85 bits per heavy atom. The first kappa shape index (κ1) is 25.4. The minimum atomic E-state index is -3.84. The van der Waals surface area contributed by atoms with Gasteiger partial charge in [0, 0.05) is 42.1 Å². The number of aryl methyl sites for hydroxylation is 1. The molecule has 0 radical (unpaired) electrons. The van der Waals surface area contributed by atoms with Crippen molar-refractivity contribution in [3.63, 3.8) is 0 Å². The number of halogens is 1. The summed E-state index contributed by atoms with van der Waals surface area (Å²) in [7, 11) is -3.84. The predicted molar refractivity (Wildman–Crippen MR) is 114 cm³/mol.